The van der Waals surface area contributed by atoms with Gasteiger partial charge < -0.3 is 10.5 Å². The topological polar surface area (TPSA) is 35.2 Å². The van der Waals surface area contributed by atoms with Crippen LogP contribution in [0.25, 0.3) is 0 Å². The highest BCUT2D eigenvalue weighted by Gasteiger charge is 2.08. The minimum Gasteiger partial charge on any atom is -0.494 e. The first-order valence-electron chi connectivity index (χ1n) is 7.06. The van der Waals surface area contributed by atoms with E-state index in [4.69, 9.17) is 10.5 Å². The molecule has 0 spiro atoms. The average Bonchev–Trinajstić information content (AvgIpc) is 2.52. The molecule has 2 N–H and O–H groups in total. The molecule has 112 valence electrons. The van der Waals surface area contributed by atoms with E-state index in [0.717, 1.165) is 34.6 Å². The van der Waals surface area contributed by atoms with Crippen molar-refractivity contribution in [3.63, 3.8) is 0 Å². The highest BCUT2D eigenvalue weighted by atomic mass is 79.9. The Labute approximate surface area is 139 Å². The first kappa shape index (κ1) is 16.4. The number of ether oxygens (including phenoxy) is 1. The van der Waals surface area contributed by atoms with Gasteiger partial charge in [-0.2, -0.15) is 0 Å². The van der Waals surface area contributed by atoms with Gasteiger partial charge in [0.25, 0.3) is 0 Å². The van der Waals surface area contributed by atoms with Crippen LogP contribution in [0.5, 0.6) is 5.75 Å². The average molecular weight is 366 g/mol. The van der Waals surface area contributed by atoms with Crippen LogP contribution in [0.15, 0.2) is 57.9 Å². The number of benzene rings is 2. The molecular formula is C17H20BrNOS. The maximum absolute atomic E-state index is 6.27. The lowest BCUT2D eigenvalue weighted by molar-refractivity contribution is 0.317. The van der Waals surface area contributed by atoms with Gasteiger partial charge in [0.1, 0.15) is 5.75 Å². The maximum Gasteiger partial charge on any atom is 0.119 e. The summed E-state index contributed by atoms with van der Waals surface area (Å²) in [5.74, 6) is 1.75. The third-order valence-corrected chi connectivity index (χ3v) is 5.18. The highest BCUT2D eigenvalue weighted by Crippen LogP contribution is 2.30. The van der Waals surface area contributed by atoms with Crippen molar-refractivity contribution in [2.45, 2.75) is 24.3 Å². The Morgan fingerprint density at radius 1 is 1.14 bits per heavy atom. The van der Waals surface area contributed by atoms with Crippen LogP contribution in [0, 0.1) is 0 Å². The smallest absolute Gasteiger partial charge is 0.119 e. The molecule has 0 aliphatic heterocycles. The molecule has 1 unspecified atom stereocenters. The fourth-order valence-electron chi connectivity index (χ4n) is 1.87. The normalized spacial score (nSPS) is 12.1. The molecule has 1 atom stereocenters. The van der Waals surface area contributed by atoms with E-state index >= 15 is 0 Å². The summed E-state index contributed by atoms with van der Waals surface area (Å²) in [4.78, 5) is 1.22. The molecule has 0 aromatic heterocycles. The Kier molecular flexibility index (Phi) is 6.61. The molecule has 0 aliphatic carbocycles. The Balaban J connectivity index is 1.91. The minimum atomic E-state index is 0.0160. The summed E-state index contributed by atoms with van der Waals surface area (Å²) in [5, 5.41) is 0. The van der Waals surface area contributed by atoms with Gasteiger partial charge in [0.05, 0.1) is 6.61 Å². The van der Waals surface area contributed by atoms with Gasteiger partial charge in [-0.05, 0) is 52.2 Å². The Morgan fingerprint density at radius 3 is 2.52 bits per heavy atom. The standard InChI is InChI=1S/C17H20BrNOS/c1-2-11-20-14-9-7-13(8-10-14)16(19)12-21-17-6-4-3-5-15(17)18/h3-10,16H,2,11-12,19H2,1H3. The first-order chi connectivity index (χ1) is 10.2. The molecule has 0 heterocycles. The van der Waals surface area contributed by atoms with E-state index in [1.165, 1.54) is 4.90 Å². The summed E-state index contributed by atoms with van der Waals surface area (Å²) in [5.41, 5.74) is 7.40. The van der Waals surface area contributed by atoms with Crippen molar-refractivity contribution in [3.8, 4) is 5.75 Å². The van der Waals surface area contributed by atoms with Crippen molar-refractivity contribution in [1.29, 1.82) is 0 Å². The van der Waals surface area contributed by atoms with E-state index in [1.54, 1.807) is 11.8 Å². The molecule has 0 bridgehead atoms. The Morgan fingerprint density at radius 2 is 1.86 bits per heavy atom. The molecular weight excluding hydrogens is 346 g/mol. The fraction of sp³-hybridized carbons (Fsp3) is 0.294. The Bertz CT molecular complexity index is 559. The van der Waals surface area contributed by atoms with E-state index in [1.807, 2.05) is 30.3 Å². The third kappa shape index (κ3) is 5.06. The number of hydrogen-bond acceptors (Lipinski definition) is 3. The van der Waals surface area contributed by atoms with Gasteiger partial charge in [-0.15, -0.1) is 11.8 Å². The van der Waals surface area contributed by atoms with Crippen LogP contribution in [-0.4, -0.2) is 12.4 Å². The molecule has 2 nitrogen and oxygen atoms in total. The maximum atomic E-state index is 6.27. The van der Waals surface area contributed by atoms with E-state index in [-0.39, 0.29) is 6.04 Å². The first-order valence-corrected chi connectivity index (χ1v) is 8.84. The summed E-state index contributed by atoms with van der Waals surface area (Å²) in [6, 6.07) is 16.3. The zero-order valence-corrected chi connectivity index (χ0v) is 14.5. The predicted octanol–water partition coefficient (Wildman–Crippen LogP) is 5.03. The van der Waals surface area contributed by atoms with Crippen molar-refractivity contribution in [3.05, 3.63) is 58.6 Å². The van der Waals surface area contributed by atoms with Crippen LogP contribution in [0.3, 0.4) is 0 Å². The van der Waals surface area contributed by atoms with Gasteiger partial charge in [0.15, 0.2) is 0 Å². The molecule has 0 saturated carbocycles. The third-order valence-electron chi connectivity index (χ3n) is 3.04. The number of nitrogens with two attached hydrogens (primary N) is 1. The summed E-state index contributed by atoms with van der Waals surface area (Å²) >= 11 is 5.32. The molecule has 2 aromatic carbocycles. The number of rotatable bonds is 7. The van der Waals surface area contributed by atoms with Gasteiger partial charge >= 0.3 is 0 Å². The van der Waals surface area contributed by atoms with Crippen LogP contribution >= 0.6 is 27.7 Å². The SMILES string of the molecule is CCCOc1ccc(C(N)CSc2ccccc2Br)cc1. The molecule has 2 aromatic rings. The van der Waals surface area contributed by atoms with Gasteiger partial charge in [0, 0.05) is 21.2 Å². The largest absolute Gasteiger partial charge is 0.494 e. The summed E-state index contributed by atoms with van der Waals surface area (Å²) in [7, 11) is 0. The monoisotopic (exact) mass is 365 g/mol. The van der Waals surface area contributed by atoms with Gasteiger partial charge in [-0.25, -0.2) is 0 Å². The summed E-state index contributed by atoms with van der Waals surface area (Å²) in [6.45, 7) is 2.85. The lowest BCUT2D eigenvalue weighted by Gasteiger charge is -2.13. The minimum absolute atomic E-state index is 0.0160. The second kappa shape index (κ2) is 8.47. The predicted molar refractivity (Wildman–Crippen MR) is 94.0 cm³/mol. The molecule has 0 fully saturated rings. The van der Waals surface area contributed by atoms with E-state index < -0.39 is 0 Å². The van der Waals surface area contributed by atoms with Crippen LogP contribution in [-0.2, 0) is 0 Å². The fourth-order valence-corrected chi connectivity index (χ4v) is 3.43. The van der Waals surface area contributed by atoms with Crippen LogP contribution in [0.4, 0.5) is 0 Å². The highest BCUT2D eigenvalue weighted by molar-refractivity contribution is 9.10. The van der Waals surface area contributed by atoms with Crippen molar-refractivity contribution in [2.24, 2.45) is 5.73 Å². The van der Waals surface area contributed by atoms with Crippen molar-refractivity contribution < 1.29 is 4.74 Å². The van der Waals surface area contributed by atoms with Gasteiger partial charge in [-0.1, -0.05) is 31.2 Å². The lowest BCUT2D eigenvalue weighted by atomic mass is 10.1. The van der Waals surface area contributed by atoms with E-state index in [9.17, 15) is 0 Å². The summed E-state index contributed by atoms with van der Waals surface area (Å²) < 4.78 is 6.70. The second-order valence-corrected chi connectivity index (χ2v) is 6.68. The van der Waals surface area contributed by atoms with Gasteiger partial charge in [0.2, 0.25) is 0 Å². The van der Waals surface area contributed by atoms with Gasteiger partial charge in [-0.3, -0.25) is 0 Å². The number of thioether (sulfide) groups is 1. The van der Waals surface area contributed by atoms with Crippen LogP contribution < -0.4 is 10.5 Å². The summed E-state index contributed by atoms with van der Waals surface area (Å²) in [6.07, 6.45) is 1.02. The van der Waals surface area contributed by atoms with E-state index in [0.29, 0.717) is 0 Å². The zero-order valence-electron chi connectivity index (χ0n) is 12.1. The molecule has 0 radical (unpaired) electrons. The second-order valence-electron chi connectivity index (χ2n) is 4.77. The molecule has 0 aliphatic rings. The van der Waals surface area contributed by atoms with Crippen LogP contribution in [0.2, 0.25) is 0 Å². The van der Waals surface area contributed by atoms with E-state index in [2.05, 4.69) is 41.1 Å². The molecule has 0 amide bonds. The molecule has 2 rings (SSSR count). The zero-order chi connectivity index (χ0) is 15.1. The number of halogens is 1. The Hall–Kier alpha value is -0.970. The molecule has 0 saturated heterocycles. The molecule has 4 heteroatoms. The van der Waals surface area contributed by atoms with Crippen molar-refractivity contribution in [2.75, 3.05) is 12.4 Å². The van der Waals surface area contributed by atoms with Crippen molar-refractivity contribution in [1.82, 2.24) is 0 Å². The van der Waals surface area contributed by atoms with Crippen molar-refractivity contribution >= 4 is 27.7 Å². The number of hydrogen-bond donors (Lipinski definition) is 1. The quantitative estimate of drug-likeness (QED) is 0.698. The lowest BCUT2D eigenvalue weighted by Crippen LogP contribution is -2.12. The molecule has 21 heavy (non-hydrogen) atoms. The van der Waals surface area contributed by atoms with Crippen LogP contribution in [0.1, 0.15) is 24.9 Å².